The SMILES string of the molecule is CCN(CC(=O)NCc1cccs1)C(=O)CSc1ccc(OC)cc1. The molecule has 1 aromatic carbocycles. The average molecular weight is 379 g/mol. The van der Waals surface area contributed by atoms with Gasteiger partial charge in [0.1, 0.15) is 5.75 Å². The maximum atomic E-state index is 12.3. The summed E-state index contributed by atoms with van der Waals surface area (Å²) in [6.45, 7) is 2.98. The molecule has 2 aromatic rings. The third kappa shape index (κ3) is 6.43. The lowest BCUT2D eigenvalue weighted by Crippen LogP contribution is -2.41. The van der Waals surface area contributed by atoms with Crippen LogP contribution >= 0.6 is 23.1 Å². The summed E-state index contributed by atoms with van der Waals surface area (Å²) in [6.07, 6.45) is 0. The first kappa shape index (κ1) is 19.3. The highest BCUT2D eigenvalue weighted by molar-refractivity contribution is 8.00. The summed E-state index contributed by atoms with van der Waals surface area (Å²) in [5.74, 6) is 0.902. The zero-order valence-electron chi connectivity index (χ0n) is 14.4. The van der Waals surface area contributed by atoms with Crippen molar-refractivity contribution in [2.75, 3.05) is 26.0 Å². The van der Waals surface area contributed by atoms with E-state index < -0.39 is 0 Å². The van der Waals surface area contributed by atoms with E-state index in [4.69, 9.17) is 4.74 Å². The quantitative estimate of drug-likeness (QED) is 0.682. The Morgan fingerprint density at radius 2 is 2.00 bits per heavy atom. The summed E-state index contributed by atoms with van der Waals surface area (Å²) in [6, 6.07) is 11.5. The Bertz CT molecular complexity index is 672. The first-order valence-corrected chi connectivity index (χ1v) is 9.82. The predicted octanol–water partition coefficient (Wildman–Crippen LogP) is 3.01. The third-order valence-corrected chi connectivity index (χ3v) is 5.40. The van der Waals surface area contributed by atoms with Crippen molar-refractivity contribution in [1.29, 1.82) is 0 Å². The molecule has 25 heavy (non-hydrogen) atoms. The molecule has 1 aromatic heterocycles. The Morgan fingerprint density at radius 3 is 2.60 bits per heavy atom. The summed E-state index contributed by atoms with van der Waals surface area (Å²) in [4.78, 5) is 28.0. The fourth-order valence-corrected chi connectivity index (χ4v) is 3.56. The zero-order valence-corrected chi connectivity index (χ0v) is 16.0. The zero-order chi connectivity index (χ0) is 18.1. The van der Waals surface area contributed by atoms with Gasteiger partial charge in [-0.15, -0.1) is 23.1 Å². The summed E-state index contributed by atoms with van der Waals surface area (Å²) in [5.41, 5.74) is 0. The molecule has 2 rings (SSSR count). The minimum atomic E-state index is -0.141. The molecule has 134 valence electrons. The summed E-state index contributed by atoms with van der Waals surface area (Å²) in [5, 5.41) is 4.82. The maximum absolute atomic E-state index is 12.3. The van der Waals surface area contributed by atoms with Crippen molar-refractivity contribution in [3.63, 3.8) is 0 Å². The molecule has 0 radical (unpaired) electrons. The van der Waals surface area contributed by atoms with E-state index in [2.05, 4.69) is 5.32 Å². The molecule has 0 spiro atoms. The van der Waals surface area contributed by atoms with Crippen LogP contribution in [0.1, 0.15) is 11.8 Å². The molecule has 0 aliphatic rings. The molecule has 5 nitrogen and oxygen atoms in total. The molecule has 0 bridgehead atoms. The van der Waals surface area contributed by atoms with Crippen LogP contribution in [0.5, 0.6) is 5.75 Å². The molecule has 0 saturated heterocycles. The molecule has 1 N–H and O–H groups in total. The number of carbonyl (C=O) groups is 2. The first-order valence-electron chi connectivity index (χ1n) is 7.96. The molecular weight excluding hydrogens is 356 g/mol. The van der Waals surface area contributed by atoms with Gasteiger partial charge in [0.15, 0.2) is 0 Å². The Kier molecular flexibility index (Phi) is 7.81. The highest BCUT2D eigenvalue weighted by atomic mass is 32.2. The lowest BCUT2D eigenvalue weighted by Gasteiger charge is -2.20. The number of likely N-dealkylation sites (N-methyl/N-ethyl adjacent to an activating group) is 1. The van der Waals surface area contributed by atoms with Crippen molar-refractivity contribution >= 4 is 34.9 Å². The summed E-state index contributed by atoms with van der Waals surface area (Å²) < 4.78 is 5.12. The maximum Gasteiger partial charge on any atom is 0.239 e. The van der Waals surface area contributed by atoms with E-state index in [1.54, 1.807) is 23.3 Å². The number of hydrogen-bond donors (Lipinski definition) is 1. The second-order valence-electron chi connectivity index (χ2n) is 5.23. The molecule has 0 aliphatic heterocycles. The van der Waals surface area contributed by atoms with Crippen LogP contribution in [-0.2, 0) is 16.1 Å². The van der Waals surface area contributed by atoms with Crippen LogP contribution in [0.4, 0.5) is 0 Å². The monoisotopic (exact) mass is 378 g/mol. The summed E-state index contributed by atoms with van der Waals surface area (Å²) in [7, 11) is 1.62. The van der Waals surface area contributed by atoms with E-state index in [1.165, 1.54) is 11.8 Å². The van der Waals surface area contributed by atoms with Crippen molar-refractivity contribution in [3.8, 4) is 5.75 Å². The van der Waals surface area contributed by atoms with Crippen LogP contribution < -0.4 is 10.1 Å². The van der Waals surface area contributed by atoms with Crippen molar-refractivity contribution in [1.82, 2.24) is 10.2 Å². The van der Waals surface area contributed by atoms with Gasteiger partial charge < -0.3 is 15.0 Å². The fourth-order valence-electron chi connectivity index (χ4n) is 2.11. The van der Waals surface area contributed by atoms with Crippen molar-refractivity contribution < 1.29 is 14.3 Å². The van der Waals surface area contributed by atoms with Gasteiger partial charge >= 0.3 is 0 Å². The normalized spacial score (nSPS) is 10.3. The summed E-state index contributed by atoms with van der Waals surface area (Å²) >= 11 is 3.05. The second-order valence-corrected chi connectivity index (χ2v) is 7.31. The van der Waals surface area contributed by atoms with Gasteiger partial charge in [0.2, 0.25) is 11.8 Å². The van der Waals surface area contributed by atoms with Crippen LogP contribution in [0.25, 0.3) is 0 Å². The molecule has 0 atom stereocenters. The molecular formula is C18H22N2O3S2. The third-order valence-electron chi connectivity index (χ3n) is 3.53. The minimum Gasteiger partial charge on any atom is -0.497 e. The van der Waals surface area contributed by atoms with Gasteiger partial charge in [-0.1, -0.05) is 6.07 Å². The first-order chi connectivity index (χ1) is 12.1. The fraction of sp³-hybridized carbons (Fsp3) is 0.333. The van der Waals surface area contributed by atoms with Crippen molar-refractivity contribution in [2.45, 2.75) is 18.4 Å². The number of nitrogens with zero attached hydrogens (tertiary/aromatic N) is 1. The highest BCUT2D eigenvalue weighted by Crippen LogP contribution is 2.21. The smallest absolute Gasteiger partial charge is 0.239 e. The largest absolute Gasteiger partial charge is 0.497 e. The number of methoxy groups -OCH3 is 1. The number of benzene rings is 1. The van der Waals surface area contributed by atoms with Gasteiger partial charge in [-0.25, -0.2) is 0 Å². The number of amides is 2. The number of thiophene rings is 1. The van der Waals surface area contributed by atoms with Crippen LogP contribution in [0.3, 0.4) is 0 Å². The van der Waals surface area contributed by atoms with E-state index in [-0.39, 0.29) is 18.4 Å². The number of rotatable bonds is 9. The van der Waals surface area contributed by atoms with Crippen LogP contribution in [0.15, 0.2) is 46.7 Å². The number of ether oxygens (including phenoxy) is 1. The number of thioether (sulfide) groups is 1. The lowest BCUT2D eigenvalue weighted by atomic mass is 10.3. The molecule has 0 saturated carbocycles. The van der Waals surface area contributed by atoms with Crippen LogP contribution in [0.2, 0.25) is 0 Å². The Labute approximate surface area is 156 Å². The van der Waals surface area contributed by atoms with E-state index in [1.807, 2.05) is 48.7 Å². The minimum absolute atomic E-state index is 0.0467. The Hall–Kier alpha value is -1.99. The van der Waals surface area contributed by atoms with Crippen LogP contribution in [-0.4, -0.2) is 42.7 Å². The molecule has 0 unspecified atom stereocenters. The van der Waals surface area contributed by atoms with Gasteiger partial charge in [-0.3, -0.25) is 9.59 Å². The van der Waals surface area contributed by atoms with E-state index in [0.717, 1.165) is 15.5 Å². The van der Waals surface area contributed by atoms with E-state index in [0.29, 0.717) is 18.8 Å². The molecule has 0 fully saturated rings. The number of hydrogen-bond acceptors (Lipinski definition) is 5. The standard InChI is InChI=1S/C18H22N2O3S2/c1-3-20(12-17(21)19-11-16-5-4-10-24-16)18(22)13-25-15-8-6-14(23-2)7-9-15/h4-10H,3,11-13H2,1-2H3,(H,19,21). The van der Waals surface area contributed by atoms with Gasteiger partial charge in [0.25, 0.3) is 0 Å². The predicted molar refractivity (Wildman–Crippen MR) is 102 cm³/mol. The van der Waals surface area contributed by atoms with Crippen molar-refractivity contribution in [3.05, 3.63) is 46.7 Å². The van der Waals surface area contributed by atoms with Gasteiger partial charge in [-0.05, 0) is 42.6 Å². The second kappa shape index (κ2) is 10.1. The Balaban J connectivity index is 1.77. The highest BCUT2D eigenvalue weighted by Gasteiger charge is 2.15. The van der Waals surface area contributed by atoms with Gasteiger partial charge in [0, 0.05) is 16.3 Å². The Morgan fingerprint density at radius 1 is 1.24 bits per heavy atom. The number of nitrogens with one attached hydrogen (secondary N) is 1. The molecule has 1 heterocycles. The average Bonchev–Trinajstić information content (AvgIpc) is 3.16. The number of carbonyl (C=O) groups excluding carboxylic acids is 2. The van der Waals surface area contributed by atoms with Crippen molar-refractivity contribution in [2.24, 2.45) is 0 Å². The topological polar surface area (TPSA) is 58.6 Å². The molecule has 0 aliphatic carbocycles. The lowest BCUT2D eigenvalue weighted by molar-refractivity contribution is -0.133. The van der Waals surface area contributed by atoms with Gasteiger partial charge in [0.05, 0.1) is 26.0 Å². The molecule has 7 heteroatoms. The van der Waals surface area contributed by atoms with E-state index in [9.17, 15) is 9.59 Å². The van der Waals surface area contributed by atoms with Crippen LogP contribution in [0, 0.1) is 0 Å². The molecule has 2 amide bonds. The van der Waals surface area contributed by atoms with Gasteiger partial charge in [-0.2, -0.15) is 0 Å². The van der Waals surface area contributed by atoms with E-state index >= 15 is 0 Å².